The molecule has 0 amide bonds. The average Bonchev–Trinajstić information content (AvgIpc) is 2.96. The van der Waals surface area contributed by atoms with Gasteiger partial charge in [0.1, 0.15) is 12.1 Å². The van der Waals surface area contributed by atoms with E-state index in [0.717, 1.165) is 42.5 Å². The minimum atomic E-state index is -3.12. The first-order chi connectivity index (χ1) is 11.4. The molecule has 3 rings (SSSR count). The first-order valence-electron chi connectivity index (χ1n) is 8.03. The van der Waals surface area contributed by atoms with Crippen molar-refractivity contribution in [1.82, 2.24) is 17.5 Å². The van der Waals surface area contributed by atoms with Crippen LogP contribution in [0.4, 0.5) is 5.82 Å². The summed E-state index contributed by atoms with van der Waals surface area (Å²) in [5, 5.41) is 1.05. The van der Waals surface area contributed by atoms with Gasteiger partial charge in [0.25, 0.3) is 0 Å². The lowest BCUT2D eigenvalue weighted by atomic mass is 9.86. The van der Waals surface area contributed by atoms with Crippen LogP contribution in [0.1, 0.15) is 25.7 Å². The highest BCUT2D eigenvalue weighted by Gasteiger charge is 2.28. The van der Waals surface area contributed by atoms with Gasteiger partial charge in [0.05, 0.1) is 34.0 Å². The van der Waals surface area contributed by atoms with Gasteiger partial charge in [-0.3, -0.25) is 2.78 Å². The summed E-state index contributed by atoms with van der Waals surface area (Å²) in [5.74, 6) is 1.42. The molecule has 2 heterocycles. The van der Waals surface area contributed by atoms with Gasteiger partial charge in [0.15, 0.2) is 5.65 Å². The van der Waals surface area contributed by atoms with Crippen LogP contribution in [-0.2, 0) is 10.0 Å². The minimum absolute atomic E-state index is 0.232. The quantitative estimate of drug-likeness (QED) is 0.688. The molecule has 0 radical (unpaired) electrons. The number of anilines is 1. The Hall–Kier alpha value is -0.940. The lowest BCUT2D eigenvalue weighted by molar-refractivity contribution is 0.340. The zero-order chi connectivity index (χ0) is 17.3. The van der Waals surface area contributed by atoms with Crippen LogP contribution in [0.5, 0.6) is 0 Å². The first-order valence-corrected chi connectivity index (χ1v) is 10.6. The third-order valence-corrected chi connectivity index (χ3v) is 7.19. The highest BCUT2D eigenvalue weighted by atomic mass is 127. The molecule has 0 unspecified atom stereocenters. The summed E-state index contributed by atoms with van der Waals surface area (Å²) in [5.41, 5.74) is 0.918. The molecule has 0 bridgehead atoms. The Kier molecular flexibility index (Phi) is 5.30. The molecule has 2 aromatic rings. The number of hydrogen-bond acceptors (Lipinski definition) is 5. The number of hydrogen-bond donors (Lipinski definition) is 1. The van der Waals surface area contributed by atoms with Crippen molar-refractivity contribution in [3.63, 3.8) is 0 Å². The van der Waals surface area contributed by atoms with E-state index in [4.69, 9.17) is 0 Å². The van der Waals surface area contributed by atoms with Gasteiger partial charge in [-0.1, -0.05) is 0 Å². The number of sulfonamides is 1. The molecule has 0 aromatic carbocycles. The molecule has 9 heteroatoms. The average molecular weight is 463 g/mol. The van der Waals surface area contributed by atoms with E-state index in [2.05, 4.69) is 49.5 Å². The Bertz CT molecular complexity index is 814. The number of fused-ring (bicyclic) bond motifs is 1. The molecular weight excluding hydrogens is 441 g/mol. The van der Waals surface area contributed by atoms with Crippen LogP contribution in [-0.4, -0.2) is 47.1 Å². The summed E-state index contributed by atoms with van der Waals surface area (Å²) in [6, 6.07) is 2.42. The SMILES string of the molecule is CNS(=O)(=O)CC1CCC(N(C)c2ncnc3c2ccn3I)CC1. The van der Waals surface area contributed by atoms with Crippen molar-refractivity contribution >= 4 is 49.7 Å². The van der Waals surface area contributed by atoms with E-state index in [1.807, 2.05) is 15.0 Å². The summed E-state index contributed by atoms with van der Waals surface area (Å²) in [6.07, 6.45) is 7.41. The molecule has 1 saturated carbocycles. The maximum absolute atomic E-state index is 11.7. The second-order valence-corrected chi connectivity index (χ2v) is 9.34. The molecule has 1 aliphatic carbocycles. The molecule has 1 fully saturated rings. The third-order valence-electron chi connectivity index (χ3n) is 4.88. The van der Waals surface area contributed by atoms with Crippen LogP contribution in [0.25, 0.3) is 11.0 Å². The molecule has 7 nitrogen and oxygen atoms in total. The molecular formula is C15H22IN5O2S. The van der Waals surface area contributed by atoms with Gasteiger partial charge in [-0.05, 0) is 44.7 Å². The predicted octanol–water partition coefficient (Wildman–Crippen LogP) is 2.17. The van der Waals surface area contributed by atoms with Gasteiger partial charge in [-0.2, -0.15) is 0 Å². The fourth-order valence-electron chi connectivity index (χ4n) is 3.45. The highest BCUT2D eigenvalue weighted by Crippen LogP contribution is 2.32. The molecule has 24 heavy (non-hydrogen) atoms. The molecule has 0 saturated heterocycles. The van der Waals surface area contributed by atoms with Crippen LogP contribution in [0.3, 0.4) is 0 Å². The first kappa shape index (κ1) is 17.9. The summed E-state index contributed by atoms with van der Waals surface area (Å²) in [6.45, 7) is 0. The number of nitrogens with zero attached hydrogens (tertiary/aromatic N) is 4. The van der Waals surface area contributed by atoms with Crippen LogP contribution >= 0.6 is 22.9 Å². The second kappa shape index (κ2) is 7.12. The maximum atomic E-state index is 11.7. The van der Waals surface area contributed by atoms with E-state index in [1.54, 1.807) is 6.33 Å². The monoisotopic (exact) mass is 463 g/mol. The topological polar surface area (TPSA) is 80.1 Å². The molecule has 0 aliphatic heterocycles. The van der Waals surface area contributed by atoms with Crippen LogP contribution in [0.15, 0.2) is 18.6 Å². The molecule has 1 N–H and O–H groups in total. The van der Waals surface area contributed by atoms with Gasteiger partial charge >= 0.3 is 0 Å². The Morgan fingerprint density at radius 1 is 1.33 bits per heavy atom. The molecule has 2 aromatic heterocycles. The molecule has 1 aliphatic rings. The van der Waals surface area contributed by atoms with Crippen molar-refractivity contribution in [2.45, 2.75) is 31.7 Å². The number of nitrogens with one attached hydrogen (secondary N) is 1. The van der Waals surface area contributed by atoms with Gasteiger partial charge in [0, 0.05) is 19.3 Å². The van der Waals surface area contributed by atoms with Crippen LogP contribution in [0, 0.1) is 5.92 Å². The molecule has 132 valence electrons. The lowest BCUT2D eigenvalue weighted by Gasteiger charge is -2.35. The fourth-order valence-corrected chi connectivity index (χ4v) is 5.12. The van der Waals surface area contributed by atoms with E-state index >= 15 is 0 Å². The summed E-state index contributed by atoms with van der Waals surface area (Å²) in [4.78, 5) is 11.0. The van der Waals surface area contributed by atoms with E-state index in [1.165, 1.54) is 7.05 Å². The normalized spacial score (nSPS) is 22.0. The number of halogens is 1. The van der Waals surface area contributed by atoms with E-state index in [0.29, 0.717) is 6.04 Å². The zero-order valence-corrected chi connectivity index (χ0v) is 16.8. The van der Waals surface area contributed by atoms with Crippen LogP contribution in [0.2, 0.25) is 0 Å². The lowest BCUT2D eigenvalue weighted by Crippen LogP contribution is -2.37. The second-order valence-electron chi connectivity index (χ2n) is 6.33. The van der Waals surface area contributed by atoms with E-state index < -0.39 is 10.0 Å². The largest absolute Gasteiger partial charge is 0.356 e. The Morgan fingerprint density at radius 3 is 2.71 bits per heavy atom. The van der Waals surface area contributed by atoms with Gasteiger partial charge in [0.2, 0.25) is 10.0 Å². The smallest absolute Gasteiger partial charge is 0.211 e. The molecule has 0 atom stereocenters. The standard InChI is InChI=1S/C15H22IN5O2S/c1-17-24(22,23)9-11-3-5-12(6-4-11)20(2)14-13-7-8-21(16)15(13)19-10-18-14/h7-8,10-12,17H,3-6,9H2,1-2H3. The van der Waals surface area contributed by atoms with Gasteiger partial charge < -0.3 is 4.90 Å². The fraction of sp³-hybridized carbons (Fsp3) is 0.600. The Labute approximate surface area is 156 Å². The van der Waals surface area contributed by atoms with Gasteiger partial charge in [-0.25, -0.2) is 23.1 Å². The third kappa shape index (κ3) is 3.67. The van der Waals surface area contributed by atoms with E-state index in [-0.39, 0.29) is 11.7 Å². The Morgan fingerprint density at radius 2 is 2.04 bits per heavy atom. The minimum Gasteiger partial charge on any atom is -0.356 e. The van der Waals surface area contributed by atoms with Crippen molar-refractivity contribution in [2.75, 3.05) is 24.7 Å². The Balaban J connectivity index is 1.70. The van der Waals surface area contributed by atoms with Crippen molar-refractivity contribution in [3.05, 3.63) is 18.6 Å². The summed E-state index contributed by atoms with van der Waals surface area (Å²) < 4.78 is 27.8. The van der Waals surface area contributed by atoms with Crippen molar-refractivity contribution in [2.24, 2.45) is 5.92 Å². The summed E-state index contributed by atoms with van der Waals surface area (Å²) in [7, 11) is 0.429. The number of rotatable bonds is 5. The van der Waals surface area contributed by atoms with E-state index in [9.17, 15) is 8.42 Å². The summed E-state index contributed by atoms with van der Waals surface area (Å²) >= 11 is 2.21. The maximum Gasteiger partial charge on any atom is 0.211 e. The number of aromatic nitrogens is 3. The van der Waals surface area contributed by atoms with Gasteiger partial charge in [-0.15, -0.1) is 0 Å². The van der Waals surface area contributed by atoms with Crippen molar-refractivity contribution in [3.8, 4) is 0 Å². The van der Waals surface area contributed by atoms with Crippen LogP contribution < -0.4 is 9.62 Å². The predicted molar refractivity (Wildman–Crippen MR) is 104 cm³/mol. The zero-order valence-electron chi connectivity index (χ0n) is 13.8. The van der Waals surface area contributed by atoms with Crippen molar-refractivity contribution in [1.29, 1.82) is 0 Å². The highest BCUT2D eigenvalue weighted by molar-refractivity contribution is 14.1. The van der Waals surface area contributed by atoms with Crippen molar-refractivity contribution < 1.29 is 8.42 Å². The molecule has 0 spiro atoms.